The molecule has 39 heavy (non-hydrogen) atoms. The van der Waals surface area contributed by atoms with E-state index in [4.69, 9.17) is 21.1 Å². The molecule has 206 valence electrons. The second-order valence-corrected chi connectivity index (χ2v) is 11.2. The van der Waals surface area contributed by atoms with Crippen LogP contribution in [0.25, 0.3) is 0 Å². The number of hydrogen-bond donors (Lipinski definition) is 2. The molecular weight excluding hydrogens is 546 g/mol. The van der Waals surface area contributed by atoms with Crippen LogP contribution in [-0.4, -0.2) is 80.8 Å². The minimum absolute atomic E-state index is 0.0270. The van der Waals surface area contributed by atoms with Crippen LogP contribution in [0.2, 0.25) is 5.02 Å². The van der Waals surface area contributed by atoms with E-state index in [1.165, 1.54) is 42.7 Å². The highest BCUT2D eigenvalue weighted by molar-refractivity contribution is 7.90. The van der Waals surface area contributed by atoms with Crippen LogP contribution in [0.4, 0.5) is 11.5 Å². The lowest BCUT2D eigenvalue weighted by molar-refractivity contribution is 0.0357. The Balaban J connectivity index is 1.50. The first-order valence-corrected chi connectivity index (χ1v) is 14.4. The Labute approximate surface area is 231 Å². The third kappa shape index (κ3) is 7.96. The van der Waals surface area contributed by atoms with Gasteiger partial charge in [0.05, 0.1) is 41.0 Å². The Hall–Kier alpha value is -3.58. The van der Waals surface area contributed by atoms with Gasteiger partial charge in [-0.05, 0) is 48.9 Å². The fourth-order valence-corrected chi connectivity index (χ4v) is 4.59. The predicted octanol–water partition coefficient (Wildman–Crippen LogP) is 3.14. The van der Waals surface area contributed by atoms with Crippen molar-refractivity contribution < 1.29 is 27.5 Å². The Morgan fingerprint density at radius 2 is 1.87 bits per heavy atom. The number of carbonyl (C=O) groups is 2. The molecule has 3 aromatic rings. The van der Waals surface area contributed by atoms with E-state index in [0.29, 0.717) is 24.7 Å². The second-order valence-electron chi connectivity index (χ2n) is 8.76. The molecule has 1 saturated heterocycles. The molecule has 1 fully saturated rings. The zero-order valence-electron chi connectivity index (χ0n) is 21.2. The van der Waals surface area contributed by atoms with E-state index in [1.807, 2.05) is 0 Å². The van der Waals surface area contributed by atoms with E-state index in [-0.39, 0.29) is 40.0 Å². The lowest BCUT2D eigenvalue weighted by Gasteiger charge is -2.26. The summed E-state index contributed by atoms with van der Waals surface area (Å²) in [7, 11) is -3.54. The van der Waals surface area contributed by atoms with Crippen LogP contribution >= 0.6 is 11.6 Å². The molecule has 0 radical (unpaired) electrons. The number of rotatable bonds is 10. The van der Waals surface area contributed by atoms with Crippen molar-refractivity contribution in [2.45, 2.75) is 11.3 Å². The summed E-state index contributed by atoms with van der Waals surface area (Å²) in [5.41, 5.74) is 0.228. The maximum Gasteiger partial charge on any atom is 0.277 e. The highest BCUT2D eigenvalue weighted by Gasteiger charge is 2.21. The zero-order chi connectivity index (χ0) is 27.8. The highest BCUT2D eigenvalue weighted by Crippen LogP contribution is 2.26. The van der Waals surface area contributed by atoms with Crippen LogP contribution in [-0.2, 0) is 14.6 Å². The minimum Gasteiger partial charge on any atom is -0.493 e. The molecule has 0 spiro atoms. The number of halogens is 1. The third-order valence-electron chi connectivity index (χ3n) is 5.85. The largest absolute Gasteiger partial charge is 0.493 e. The molecule has 0 saturated carbocycles. The number of hydrogen-bond acceptors (Lipinski definition) is 9. The fraction of sp³-hybridized carbons (Fsp3) is 0.308. The number of nitrogens with zero attached hydrogens (tertiary/aromatic N) is 3. The molecule has 3 heterocycles. The molecule has 4 rings (SSSR count). The van der Waals surface area contributed by atoms with Gasteiger partial charge in [-0.25, -0.2) is 18.4 Å². The summed E-state index contributed by atoms with van der Waals surface area (Å²) < 4.78 is 35.5. The number of anilines is 2. The van der Waals surface area contributed by atoms with E-state index >= 15 is 0 Å². The first kappa shape index (κ1) is 28.4. The quantitative estimate of drug-likeness (QED) is 0.350. The summed E-state index contributed by atoms with van der Waals surface area (Å²) >= 11 is 5.84. The fourth-order valence-electron chi connectivity index (χ4n) is 3.84. The molecule has 2 amide bonds. The molecule has 2 N–H and O–H groups in total. The van der Waals surface area contributed by atoms with E-state index in [0.717, 1.165) is 25.9 Å². The molecule has 1 aromatic carbocycles. The highest BCUT2D eigenvalue weighted by atomic mass is 35.5. The van der Waals surface area contributed by atoms with Gasteiger partial charge < -0.3 is 20.1 Å². The number of benzene rings is 1. The maximum absolute atomic E-state index is 13.3. The molecule has 11 nitrogen and oxygen atoms in total. The molecule has 0 unspecified atom stereocenters. The third-order valence-corrected chi connectivity index (χ3v) is 7.18. The number of pyridine rings is 2. The Morgan fingerprint density at radius 1 is 1.08 bits per heavy atom. The number of amides is 2. The van der Waals surface area contributed by atoms with Crippen LogP contribution in [0.15, 0.2) is 59.8 Å². The van der Waals surface area contributed by atoms with Gasteiger partial charge in [0.15, 0.2) is 15.5 Å². The monoisotopic (exact) mass is 573 g/mol. The average molecular weight is 574 g/mol. The number of ether oxygens (including phenoxy) is 2. The van der Waals surface area contributed by atoms with Crippen molar-refractivity contribution in [2.75, 3.05) is 56.3 Å². The van der Waals surface area contributed by atoms with Gasteiger partial charge in [0, 0.05) is 38.3 Å². The van der Waals surface area contributed by atoms with Crippen LogP contribution in [0.5, 0.6) is 5.75 Å². The minimum atomic E-state index is -3.54. The van der Waals surface area contributed by atoms with Gasteiger partial charge in [0.2, 0.25) is 0 Å². The van der Waals surface area contributed by atoms with E-state index in [2.05, 4.69) is 25.5 Å². The molecule has 1 aliphatic heterocycles. The Morgan fingerprint density at radius 3 is 2.59 bits per heavy atom. The van der Waals surface area contributed by atoms with Gasteiger partial charge >= 0.3 is 0 Å². The zero-order valence-corrected chi connectivity index (χ0v) is 22.8. The standard InChI is InChI=1S/C26H28ClN5O6S/c1-39(35,36)19-6-7-20(22(16-19)38-13-3-10-32-11-14-37-15-12-32)25(33)30-21-4-2-9-28-24(21)26(34)31-23-8-5-18(27)17-29-23/h2,4-9,16-17H,3,10-15H2,1H3,(H,30,33)(H,29,31,34). The van der Waals surface area contributed by atoms with Crippen LogP contribution < -0.4 is 15.4 Å². The van der Waals surface area contributed by atoms with Crippen LogP contribution in [0.3, 0.4) is 0 Å². The number of aromatic nitrogens is 2. The summed E-state index contributed by atoms with van der Waals surface area (Å²) in [6, 6.07) is 10.3. The number of morpholine rings is 1. The van der Waals surface area contributed by atoms with E-state index < -0.39 is 21.7 Å². The summed E-state index contributed by atoms with van der Waals surface area (Å²) in [6.07, 6.45) is 4.57. The first-order valence-electron chi connectivity index (χ1n) is 12.2. The molecule has 1 aliphatic rings. The predicted molar refractivity (Wildman–Crippen MR) is 146 cm³/mol. The van der Waals surface area contributed by atoms with E-state index in [9.17, 15) is 18.0 Å². The number of carbonyl (C=O) groups excluding carboxylic acids is 2. The van der Waals surface area contributed by atoms with Crippen molar-refractivity contribution in [1.29, 1.82) is 0 Å². The smallest absolute Gasteiger partial charge is 0.277 e. The van der Waals surface area contributed by atoms with Gasteiger partial charge in [-0.2, -0.15) is 0 Å². The SMILES string of the molecule is CS(=O)(=O)c1ccc(C(=O)Nc2cccnc2C(=O)Nc2ccc(Cl)cn2)c(OCCCN2CCOCC2)c1. The summed E-state index contributed by atoms with van der Waals surface area (Å²) in [5, 5.41) is 5.71. The lowest BCUT2D eigenvalue weighted by atomic mass is 10.1. The molecule has 0 bridgehead atoms. The number of sulfone groups is 1. The molecule has 2 aromatic heterocycles. The summed E-state index contributed by atoms with van der Waals surface area (Å²) in [5.74, 6) is -0.799. The van der Waals surface area contributed by atoms with Crippen molar-refractivity contribution in [3.63, 3.8) is 0 Å². The number of nitrogens with one attached hydrogen (secondary N) is 2. The summed E-state index contributed by atoms with van der Waals surface area (Å²) in [6.45, 7) is 4.11. The molecule has 13 heteroatoms. The second kappa shape index (κ2) is 13.0. The van der Waals surface area contributed by atoms with Gasteiger partial charge in [-0.15, -0.1) is 0 Å². The lowest BCUT2D eigenvalue weighted by Crippen LogP contribution is -2.37. The normalized spacial score (nSPS) is 14.0. The van der Waals surface area contributed by atoms with Gasteiger partial charge in [-0.1, -0.05) is 11.6 Å². The van der Waals surface area contributed by atoms with Gasteiger partial charge in [0.1, 0.15) is 11.6 Å². The van der Waals surface area contributed by atoms with E-state index in [1.54, 1.807) is 12.1 Å². The Bertz CT molecular complexity index is 1430. The van der Waals surface area contributed by atoms with Crippen molar-refractivity contribution in [3.05, 3.63) is 71.1 Å². The maximum atomic E-state index is 13.3. The Kier molecular flexibility index (Phi) is 9.46. The van der Waals surface area contributed by atoms with Crippen LogP contribution in [0, 0.1) is 0 Å². The molecule has 0 aliphatic carbocycles. The van der Waals surface area contributed by atoms with Crippen molar-refractivity contribution in [1.82, 2.24) is 14.9 Å². The van der Waals surface area contributed by atoms with Crippen LogP contribution in [0.1, 0.15) is 27.3 Å². The van der Waals surface area contributed by atoms with Crippen molar-refractivity contribution in [2.24, 2.45) is 0 Å². The van der Waals surface area contributed by atoms with Crippen molar-refractivity contribution >= 4 is 44.8 Å². The average Bonchev–Trinajstić information content (AvgIpc) is 2.92. The van der Waals surface area contributed by atoms with Gasteiger partial charge in [0.25, 0.3) is 11.8 Å². The van der Waals surface area contributed by atoms with Crippen molar-refractivity contribution in [3.8, 4) is 5.75 Å². The summed E-state index contributed by atoms with van der Waals surface area (Å²) in [4.78, 5) is 36.6. The molecular formula is C26H28ClN5O6S. The molecule has 0 atom stereocenters. The topological polar surface area (TPSA) is 140 Å². The van der Waals surface area contributed by atoms with Gasteiger partial charge in [-0.3, -0.25) is 14.5 Å². The first-order chi connectivity index (χ1) is 18.7.